The Kier molecular flexibility index (Phi) is 7.01. The molecule has 36 heavy (non-hydrogen) atoms. The quantitative estimate of drug-likeness (QED) is 0.524. The van der Waals surface area contributed by atoms with E-state index in [-0.39, 0.29) is 32.6 Å². The Labute approximate surface area is 209 Å². The van der Waals surface area contributed by atoms with Gasteiger partial charge in [0.05, 0.1) is 17.3 Å². The molecule has 1 aromatic carbocycles. The van der Waals surface area contributed by atoms with Crippen molar-refractivity contribution in [2.45, 2.75) is 44.8 Å². The summed E-state index contributed by atoms with van der Waals surface area (Å²) in [6.07, 6.45) is -2.53. The fourth-order valence-corrected chi connectivity index (χ4v) is 7.94. The van der Waals surface area contributed by atoms with Crippen molar-refractivity contribution in [3.8, 4) is 0 Å². The summed E-state index contributed by atoms with van der Waals surface area (Å²) in [5.74, 6) is -0.418. The second-order valence-corrected chi connectivity index (χ2v) is 12.3. The van der Waals surface area contributed by atoms with Crippen molar-refractivity contribution in [3.05, 3.63) is 51.4 Å². The summed E-state index contributed by atoms with van der Waals surface area (Å²) >= 11 is 1.08. The number of hydrogen-bond acceptors (Lipinski definition) is 6. The number of nitrogens with one attached hydrogen (secondary N) is 1. The van der Waals surface area contributed by atoms with E-state index in [1.54, 1.807) is 6.92 Å². The molecule has 13 heteroatoms. The molecule has 2 aromatic heterocycles. The molecule has 3 heterocycles. The number of piperidine rings is 1. The van der Waals surface area contributed by atoms with E-state index in [1.807, 2.05) is 13.8 Å². The number of carbonyl (C=O) groups is 1. The van der Waals surface area contributed by atoms with Gasteiger partial charge in [-0.1, -0.05) is 19.9 Å². The molecule has 1 fully saturated rings. The Morgan fingerprint density at radius 2 is 1.89 bits per heavy atom. The Bertz CT molecular complexity index is 1470. The van der Waals surface area contributed by atoms with Crippen molar-refractivity contribution in [2.24, 2.45) is 11.8 Å². The minimum atomic E-state index is -4.57. The number of hydrogen-bond donors (Lipinski definition) is 1. The molecule has 3 aromatic rings. The highest BCUT2D eigenvalue weighted by Gasteiger charge is 2.36. The van der Waals surface area contributed by atoms with Crippen molar-refractivity contribution in [1.29, 1.82) is 0 Å². The molecule has 1 aliphatic heterocycles. The smallest absolute Gasteiger partial charge is 0.325 e. The third-order valence-corrected chi connectivity index (χ3v) is 9.17. The molecule has 0 bridgehead atoms. The zero-order valence-corrected chi connectivity index (χ0v) is 21.4. The summed E-state index contributed by atoms with van der Waals surface area (Å²) < 4.78 is 68.4. The Balaban J connectivity index is 1.66. The summed E-state index contributed by atoms with van der Waals surface area (Å²) in [5, 5.41) is 2.25. The highest BCUT2D eigenvalue weighted by Crippen LogP contribution is 2.35. The van der Waals surface area contributed by atoms with Crippen LogP contribution in [0.15, 0.2) is 40.3 Å². The fraction of sp³-hybridized carbons (Fsp3) is 0.435. The number of sulfonamides is 1. The van der Waals surface area contributed by atoms with Crippen LogP contribution in [0.5, 0.6) is 0 Å². The van der Waals surface area contributed by atoms with Crippen LogP contribution >= 0.6 is 11.3 Å². The molecule has 1 aliphatic rings. The Morgan fingerprint density at radius 3 is 2.53 bits per heavy atom. The van der Waals surface area contributed by atoms with E-state index in [1.165, 1.54) is 10.4 Å². The van der Waals surface area contributed by atoms with E-state index in [2.05, 4.69) is 10.3 Å². The van der Waals surface area contributed by atoms with Crippen LogP contribution in [0.4, 0.5) is 18.9 Å². The monoisotopic (exact) mass is 542 g/mol. The molecule has 4 rings (SSSR count). The van der Waals surface area contributed by atoms with Crippen molar-refractivity contribution in [2.75, 3.05) is 18.4 Å². The van der Waals surface area contributed by atoms with Crippen LogP contribution in [0, 0.1) is 18.8 Å². The van der Waals surface area contributed by atoms with Gasteiger partial charge in [0.15, 0.2) is 0 Å². The molecule has 0 radical (unpaired) electrons. The van der Waals surface area contributed by atoms with Crippen LogP contribution in [0.3, 0.4) is 0 Å². The lowest BCUT2D eigenvalue weighted by Gasteiger charge is -2.34. The summed E-state index contributed by atoms with van der Waals surface area (Å²) in [7, 11) is -3.99. The molecule has 0 spiro atoms. The Hall–Kier alpha value is -2.77. The van der Waals surface area contributed by atoms with Crippen LogP contribution in [0.25, 0.3) is 10.2 Å². The minimum absolute atomic E-state index is 0.0834. The second-order valence-electron chi connectivity index (χ2n) is 9.24. The number of aryl methyl sites for hydroxylation is 1. The van der Waals surface area contributed by atoms with Gasteiger partial charge >= 0.3 is 6.18 Å². The number of thiophene rings is 1. The number of rotatable bonds is 5. The van der Waals surface area contributed by atoms with E-state index in [0.717, 1.165) is 46.9 Å². The third-order valence-electron chi connectivity index (χ3n) is 6.02. The van der Waals surface area contributed by atoms with Gasteiger partial charge in [-0.25, -0.2) is 13.4 Å². The van der Waals surface area contributed by atoms with Gasteiger partial charge in [0.2, 0.25) is 15.9 Å². The van der Waals surface area contributed by atoms with Crippen LogP contribution in [-0.2, 0) is 27.5 Å². The predicted octanol–water partition coefficient (Wildman–Crippen LogP) is 4.09. The first-order chi connectivity index (χ1) is 16.8. The average Bonchev–Trinajstić information content (AvgIpc) is 3.12. The van der Waals surface area contributed by atoms with Crippen LogP contribution in [0.1, 0.15) is 30.7 Å². The predicted molar refractivity (Wildman–Crippen MR) is 130 cm³/mol. The first kappa shape index (κ1) is 26.3. The first-order valence-corrected chi connectivity index (χ1v) is 13.5. The molecule has 1 N–H and O–H groups in total. The standard InChI is InChI=1S/C23H25F3N4O4S2/c1-13-7-14(2)10-30(9-13)36(33,34)20-15(3)35-21-19(20)22(32)29(12-27-21)11-18(31)28-17-6-4-5-16(8-17)23(24,25)26/h4-6,8,12-14H,7,9-11H2,1-3H3,(H,28,31). The molecule has 2 atom stereocenters. The van der Waals surface area contributed by atoms with E-state index in [0.29, 0.717) is 18.0 Å². The SMILES string of the molecule is Cc1sc2ncn(CC(=O)Nc3cccc(C(F)(F)F)c3)c(=O)c2c1S(=O)(=O)N1CC(C)CC(C)C1. The van der Waals surface area contributed by atoms with Crippen LogP contribution in [-0.4, -0.2) is 41.3 Å². The van der Waals surface area contributed by atoms with Crippen molar-refractivity contribution >= 4 is 43.2 Å². The maximum absolute atomic E-state index is 13.6. The van der Waals surface area contributed by atoms with Gasteiger partial charge in [0, 0.05) is 23.7 Å². The number of halogens is 3. The van der Waals surface area contributed by atoms with Gasteiger partial charge in [0.1, 0.15) is 16.3 Å². The number of carbonyl (C=O) groups excluding carboxylic acids is 1. The zero-order valence-electron chi connectivity index (χ0n) is 19.8. The zero-order chi connectivity index (χ0) is 26.4. The molecule has 0 saturated carbocycles. The summed E-state index contributed by atoms with van der Waals surface area (Å²) in [6.45, 7) is 5.71. The average molecular weight is 543 g/mol. The number of aromatic nitrogens is 2. The molecular weight excluding hydrogens is 517 g/mol. The van der Waals surface area contributed by atoms with Crippen LogP contribution in [0.2, 0.25) is 0 Å². The number of benzene rings is 1. The largest absolute Gasteiger partial charge is 0.416 e. The normalized spacial score (nSPS) is 19.5. The summed E-state index contributed by atoms with van der Waals surface area (Å²) in [5.41, 5.74) is -1.72. The van der Waals surface area contributed by atoms with Gasteiger partial charge in [-0.15, -0.1) is 11.3 Å². The third kappa shape index (κ3) is 5.18. The van der Waals surface area contributed by atoms with Gasteiger partial charge in [-0.05, 0) is 43.4 Å². The maximum atomic E-state index is 13.6. The molecular formula is C23H25F3N4O4S2. The topological polar surface area (TPSA) is 101 Å². The van der Waals surface area contributed by atoms with Gasteiger partial charge in [-0.2, -0.15) is 17.5 Å². The molecule has 8 nitrogen and oxygen atoms in total. The lowest BCUT2D eigenvalue weighted by molar-refractivity contribution is -0.137. The van der Waals surface area contributed by atoms with Gasteiger partial charge in [-0.3, -0.25) is 14.2 Å². The molecule has 2 unspecified atom stereocenters. The lowest BCUT2D eigenvalue weighted by Crippen LogP contribution is -2.42. The number of fused-ring (bicyclic) bond motifs is 1. The van der Waals surface area contributed by atoms with Crippen molar-refractivity contribution < 1.29 is 26.4 Å². The number of alkyl halides is 3. The van der Waals surface area contributed by atoms with Crippen molar-refractivity contribution in [3.63, 3.8) is 0 Å². The van der Waals surface area contributed by atoms with Crippen LogP contribution < -0.4 is 10.9 Å². The minimum Gasteiger partial charge on any atom is -0.325 e. The molecule has 1 amide bonds. The van der Waals surface area contributed by atoms with Gasteiger partial charge < -0.3 is 5.32 Å². The van der Waals surface area contributed by atoms with E-state index in [9.17, 15) is 31.2 Å². The van der Waals surface area contributed by atoms with Crippen molar-refractivity contribution in [1.82, 2.24) is 13.9 Å². The highest BCUT2D eigenvalue weighted by atomic mass is 32.2. The number of amides is 1. The van der Waals surface area contributed by atoms with E-state index >= 15 is 0 Å². The summed E-state index contributed by atoms with van der Waals surface area (Å²) in [6, 6.07) is 4.12. The number of anilines is 1. The summed E-state index contributed by atoms with van der Waals surface area (Å²) in [4.78, 5) is 30.6. The lowest BCUT2D eigenvalue weighted by atomic mass is 9.94. The van der Waals surface area contributed by atoms with E-state index in [4.69, 9.17) is 0 Å². The fourth-order valence-electron chi connectivity index (χ4n) is 4.60. The molecule has 0 aliphatic carbocycles. The Morgan fingerprint density at radius 1 is 1.22 bits per heavy atom. The van der Waals surface area contributed by atoms with Gasteiger partial charge in [0.25, 0.3) is 5.56 Å². The highest BCUT2D eigenvalue weighted by molar-refractivity contribution is 7.89. The second kappa shape index (κ2) is 9.60. The molecule has 194 valence electrons. The first-order valence-electron chi connectivity index (χ1n) is 11.2. The maximum Gasteiger partial charge on any atom is 0.416 e. The number of nitrogens with zero attached hydrogens (tertiary/aromatic N) is 3. The molecule has 1 saturated heterocycles. The van der Waals surface area contributed by atoms with E-state index < -0.39 is 39.8 Å².